The molecule has 0 fully saturated rings. The van der Waals surface area contributed by atoms with Gasteiger partial charge in [0.15, 0.2) is 0 Å². The Kier molecular flexibility index (Phi) is 30.8. The van der Waals surface area contributed by atoms with Gasteiger partial charge in [0.25, 0.3) is 0 Å². The van der Waals surface area contributed by atoms with E-state index in [1.807, 2.05) is 27.2 Å². The molecule has 282 valence electrons. The van der Waals surface area contributed by atoms with E-state index >= 15 is 0 Å². The van der Waals surface area contributed by atoms with E-state index in [4.69, 9.17) is 9.05 Å². The summed E-state index contributed by atoms with van der Waals surface area (Å²) < 4.78 is 23.4. The first-order valence-corrected chi connectivity index (χ1v) is 20.9. The molecule has 0 saturated carbocycles. The number of allylic oxidation sites excluding steroid dienone is 5. The molecule has 9 heteroatoms. The van der Waals surface area contributed by atoms with Gasteiger partial charge in [0.2, 0.25) is 5.91 Å². The minimum absolute atomic E-state index is 0.0536. The first-order chi connectivity index (χ1) is 23.0. The van der Waals surface area contributed by atoms with Crippen molar-refractivity contribution >= 4 is 13.7 Å². The Morgan fingerprint density at radius 2 is 1.17 bits per heavy atom. The maximum absolute atomic E-state index is 12.7. The molecule has 3 unspecified atom stereocenters. The average molecular weight is 700 g/mol. The number of nitrogens with one attached hydrogen (secondary N) is 1. The van der Waals surface area contributed by atoms with Crippen LogP contribution in [0, 0.1) is 0 Å². The monoisotopic (exact) mass is 700 g/mol. The van der Waals surface area contributed by atoms with Gasteiger partial charge >= 0.3 is 7.82 Å². The minimum Gasteiger partial charge on any atom is -0.387 e. The predicted molar refractivity (Wildman–Crippen MR) is 203 cm³/mol. The van der Waals surface area contributed by atoms with Crippen LogP contribution in [0.2, 0.25) is 0 Å². The predicted octanol–water partition coefficient (Wildman–Crippen LogP) is 9.96. The van der Waals surface area contributed by atoms with Crippen LogP contribution in [0.1, 0.15) is 155 Å². The molecule has 0 aliphatic carbocycles. The molecule has 0 rings (SSSR count). The van der Waals surface area contributed by atoms with Crippen LogP contribution in [-0.2, 0) is 18.4 Å². The molecule has 0 aromatic rings. The van der Waals surface area contributed by atoms with Crippen molar-refractivity contribution in [3.63, 3.8) is 0 Å². The fourth-order valence-corrected chi connectivity index (χ4v) is 5.89. The van der Waals surface area contributed by atoms with Gasteiger partial charge < -0.3 is 19.8 Å². The van der Waals surface area contributed by atoms with E-state index in [-0.39, 0.29) is 19.1 Å². The molecule has 8 nitrogen and oxygen atoms in total. The summed E-state index contributed by atoms with van der Waals surface area (Å²) >= 11 is 0. The second kappa shape index (κ2) is 31.7. The quantitative estimate of drug-likeness (QED) is 0.0267. The fraction of sp³-hybridized carbons (Fsp3) is 0.821. The summed E-state index contributed by atoms with van der Waals surface area (Å²) in [5.41, 5.74) is 0. The maximum Gasteiger partial charge on any atom is 0.472 e. The van der Waals surface area contributed by atoms with Gasteiger partial charge in [-0.2, -0.15) is 0 Å². The van der Waals surface area contributed by atoms with Crippen LogP contribution in [-0.4, -0.2) is 73.4 Å². The van der Waals surface area contributed by atoms with Crippen LogP contribution >= 0.6 is 7.82 Å². The summed E-state index contributed by atoms with van der Waals surface area (Å²) in [6.07, 6.45) is 36.4. The Morgan fingerprint density at radius 1 is 0.688 bits per heavy atom. The summed E-state index contributed by atoms with van der Waals surface area (Å²) in [6, 6.07) is -0.864. The highest BCUT2D eigenvalue weighted by molar-refractivity contribution is 7.47. The Balaban J connectivity index is 4.59. The zero-order valence-corrected chi connectivity index (χ0v) is 32.6. The van der Waals surface area contributed by atoms with E-state index in [1.165, 1.54) is 77.0 Å². The normalized spacial score (nSPS) is 15.1. The second-order valence-corrected chi connectivity index (χ2v) is 15.7. The average Bonchev–Trinajstić information content (AvgIpc) is 3.02. The van der Waals surface area contributed by atoms with E-state index in [0.29, 0.717) is 17.4 Å². The number of carbonyl (C=O) groups is 1. The van der Waals surface area contributed by atoms with Gasteiger partial charge in [-0.3, -0.25) is 13.8 Å². The minimum atomic E-state index is -4.34. The van der Waals surface area contributed by atoms with Crippen molar-refractivity contribution in [1.82, 2.24) is 5.32 Å². The lowest BCUT2D eigenvalue weighted by atomic mass is 10.1. The number of phosphoric ester groups is 1. The lowest BCUT2D eigenvalue weighted by molar-refractivity contribution is -0.870. The van der Waals surface area contributed by atoms with Gasteiger partial charge in [0, 0.05) is 6.42 Å². The zero-order valence-electron chi connectivity index (χ0n) is 31.7. The highest BCUT2D eigenvalue weighted by Gasteiger charge is 2.27. The Morgan fingerprint density at radius 3 is 1.73 bits per heavy atom. The Bertz CT molecular complexity index is 886. The third-order valence-corrected chi connectivity index (χ3v) is 9.32. The third-order valence-electron chi connectivity index (χ3n) is 8.33. The molecule has 3 N–H and O–H groups in total. The molecule has 0 bridgehead atoms. The van der Waals surface area contributed by atoms with Gasteiger partial charge in [-0.05, 0) is 51.4 Å². The fourth-order valence-electron chi connectivity index (χ4n) is 5.15. The van der Waals surface area contributed by atoms with Crippen molar-refractivity contribution in [2.75, 3.05) is 40.9 Å². The standard InChI is InChI=1S/C39H75N2O6P/c1-6-8-10-12-14-16-18-19-20-21-22-23-24-26-28-30-32-38(42)37(36-47-48(44,45)46-35-34-41(3,4)5)40-39(43)33-31-29-27-25-17-15-13-11-9-7-2/h13,15,23-24,30,32,37-38,42H,6-12,14,16-22,25-29,31,33-36H2,1-5H3,(H-,40,43,44,45)/p+1/b15-13-,24-23+,32-30+. The van der Waals surface area contributed by atoms with Crippen LogP contribution in [0.4, 0.5) is 0 Å². The lowest BCUT2D eigenvalue weighted by Crippen LogP contribution is -2.45. The summed E-state index contributed by atoms with van der Waals surface area (Å²) in [4.78, 5) is 22.9. The molecule has 0 saturated heterocycles. The van der Waals surface area contributed by atoms with Crippen molar-refractivity contribution in [2.45, 2.75) is 167 Å². The van der Waals surface area contributed by atoms with Gasteiger partial charge in [0.1, 0.15) is 13.2 Å². The van der Waals surface area contributed by atoms with Crippen molar-refractivity contribution in [2.24, 2.45) is 0 Å². The summed E-state index contributed by atoms with van der Waals surface area (Å²) in [5, 5.41) is 13.7. The molecule has 0 radical (unpaired) electrons. The van der Waals surface area contributed by atoms with Gasteiger partial charge in [0.05, 0.1) is 39.9 Å². The molecular weight excluding hydrogens is 623 g/mol. The van der Waals surface area contributed by atoms with E-state index in [1.54, 1.807) is 6.08 Å². The maximum atomic E-state index is 12.7. The zero-order chi connectivity index (χ0) is 35.8. The molecular formula is C39H76N2O6P+. The number of unbranched alkanes of at least 4 members (excludes halogenated alkanes) is 17. The van der Waals surface area contributed by atoms with Gasteiger partial charge in [-0.15, -0.1) is 0 Å². The van der Waals surface area contributed by atoms with Crippen molar-refractivity contribution < 1.29 is 32.9 Å². The van der Waals surface area contributed by atoms with E-state index in [0.717, 1.165) is 57.8 Å². The highest BCUT2D eigenvalue weighted by Crippen LogP contribution is 2.43. The molecule has 0 spiro atoms. The molecule has 1 amide bonds. The number of amides is 1. The number of carbonyl (C=O) groups excluding carboxylic acids is 1. The SMILES string of the molecule is CCCC/C=C\CCCCCCC(=O)NC(COP(=O)(O)OCC[N+](C)(C)C)C(O)/C=C/CC/C=C/CCCCCCCCCCCC. The van der Waals surface area contributed by atoms with Crippen molar-refractivity contribution in [1.29, 1.82) is 0 Å². The molecule has 0 aliphatic heterocycles. The van der Waals surface area contributed by atoms with E-state index < -0.39 is 20.0 Å². The molecule has 0 heterocycles. The highest BCUT2D eigenvalue weighted by atomic mass is 31.2. The second-order valence-electron chi connectivity index (χ2n) is 14.3. The van der Waals surface area contributed by atoms with Crippen LogP contribution in [0.3, 0.4) is 0 Å². The molecule has 0 aromatic carbocycles. The number of nitrogens with zero attached hydrogens (tertiary/aromatic N) is 1. The number of hydrogen-bond acceptors (Lipinski definition) is 5. The summed E-state index contributed by atoms with van der Waals surface area (Å²) in [7, 11) is 1.54. The number of phosphoric acid groups is 1. The van der Waals surface area contributed by atoms with E-state index in [2.05, 4.69) is 43.5 Å². The smallest absolute Gasteiger partial charge is 0.387 e. The van der Waals surface area contributed by atoms with E-state index in [9.17, 15) is 19.4 Å². The first-order valence-electron chi connectivity index (χ1n) is 19.4. The van der Waals surface area contributed by atoms with Crippen LogP contribution in [0.15, 0.2) is 36.5 Å². The molecule has 0 aliphatic rings. The van der Waals surface area contributed by atoms with Gasteiger partial charge in [-0.25, -0.2) is 4.57 Å². The number of aliphatic hydroxyl groups excluding tert-OH is 1. The lowest BCUT2D eigenvalue weighted by Gasteiger charge is -2.25. The van der Waals surface area contributed by atoms with Crippen molar-refractivity contribution in [3.8, 4) is 0 Å². The third kappa shape index (κ3) is 33.2. The molecule has 0 aromatic heterocycles. The number of aliphatic hydroxyl groups is 1. The number of likely N-dealkylation sites (N-methyl/N-ethyl adjacent to an activating group) is 1. The Hall–Kier alpha value is -1.28. The topological polar surface area (TPSA) is 105 Å². The largest absolute Gasteiger partial charge is 0.472 e. The Labute approximate surface area is 296 Å². The number of rotatable bonds is 34. The number of hydrogen-bond donors (Lipinski definition) is 3. The van der Waals surface area contributed by atoms with Gasteiger partial charge in [-0.1, -0.05) is 134 Å². The first kappa shape index (κ1) is 46.7. The van der Waals surface area contributed by atoms with Crippen molar-refractivity contribution in [3.05, 3.63) is 36.5 Å². The summed E-state index contributed by atoms with van der Waals surface area (Å²) in [5.74, 6) is -0.204. The molecule has 48 heavy (non-hydrogen) atoms. The van der Waals surface area contributed by atoms with Crippen LogP contribution < -0.4 is 5.32 Å². The van der Waals surface area contributed by atoms with Crippen LogP contribution in [0.5, 0.6) is 0 Å². The molecule has 3 atom stereocenters. The van der Waals surface area contributed by atoms with Crippen LogP contribution in [0.25, 0.3) is 0 Å². The number of quaternary nitrogens is 1. The summed E-state index contributed by atoms with van der Waals surface area (Å²) in [6.45, 7) is 4.71.